The van der Waals surface area contributed by atoms with Gasteiger partial charge in [-0.2, -0.15) is 4.39 Å². The second kappa shape index (κ2) is 10.9. The van der Waals surface area contributed by atoms with Crippen LogP contribution in [0.25, 0.3) is 22.2 Å². The van der Waals surface area contributed by atoms with Gasteiger partial charge in [-0.25, -0.2) is 23.1 Å². The van der Waals surface area contributed by atoms with E-state index in [0.29, 0.717) is 33.3 Å². The molecule has 0 spiro atoms. The fourth-order valence-electron chi connectivity index (χ4n) is 4.96. The zero-order chi connectivity index (χ0) is 28.7. The summed E-state index contributed by atoms with van der Waals surface area (Å²) in [6.07, 6.45) is 1.86. The Bertz CT molecular complexity index is 1620. The molecule has 1 N–H and O–H groups in total. The van der Waals surface area contributed by atoms with Crippen molar-refractivity contribution in [1.29, 1.82) is 0 Å². The van der Waals surface area contributed by atoms with Gasteiger partial charge in [0.2, 0.25) is 5.95 Å². The molecule has 1 saturated carbocycles. The van der Waals surface area contributed by atoms with Crippen molar-refractivity contribution in [1.82, 2.24) is 15.3 Å². The lowest BCUT2D eigenvalue weighted by molar-refractivity contribution is 0.0950. The quantitative estimate of drug-likeness (QED) is 0.186. The average molecular weight is 552 g/mol. The Morgan fingerprint density at radius 2 is 1.77 bits per heavy atom. The van der Waals surface area contributed by atoms with Gasteiger partial charge < -0.3 is 10.1 Å². The number of halogens is 4. The summed E-state index contributed by atoms with van der Waals surface area (Å²) in [4.78, 5) is 21.8. The summed E-state index contributed by atoms with van der Waals surface area (Å²) in [7, 11) is 1.43. The molecule has 1 atom stereocenters. The summed E-state index contributed by atoms with van der Waals surface area (Å²) in [5.74, 6) is -3.55. The number of nitrogens with one attached hydrogen (secondary N) is 1. The Hall–Kier alpha value is -4.01. The number of nitrogens with zero attached hydrogens (tertiary/aromatic N) is 2. The molecular weight excluding hydrogens is 522 g/mol. The third kappa shape index (κ3) is 5.37. The highest BCUT2D eigenvalue weighted by molar-refractivity contribution is 6.00. The number of aryl methyl sites for hydroxylation is 1. The van der Waals surface area contributed by atoms with E-state index in [1.165, 1.54) is 19.2 Å². The van der Waals surface area contributed by atoms with Gasteiger partial charge in [-0.15, -0.1) is 0 Å². The molecule has 208 valence electrons. The van der Waals surface area contributed by atoms with Gasteiger partial charge in [0.15, 0.2) is 17.5 Å². The van der Waals surface area contributed by atoms with Crippen LogP contribution in [-0.4, -0.2) is 29.5 Å². The predicted octanol–water partition coefficient (Wildman–Crippen LogP) is 7.22. The third-order valence-corrected chi connectivity index (χ3v) is 7.37. The van der Waals surface area contributed by atoms with Crippen molar-refractivity contribution in [2.75, 3.05) is 13.7 Å². The Morgan fingerprint density at radius 1 is 1.02 bits per heavy atom. The first kappa shape index (κ1) is 27.6. The molecular formula is C31H29F4N3O2. The number of carbonyl (C=O) groups is 1. The van der Waals surface area contributed by atoms with E-state index in [2.05, 4.69) is 15.3 Å². The molecule has 40 heavy (non-hydrogen) atoms. The molecule has 9 heteroatoms. The second-order valence-corrected chi connectivity index (χ2v) is 10.6. The first-order valence-corrected chi connectivity index (χ1v) is 13.2. The number of aromatic nitrogens is 2. The lowest BCUT2D eigenvalue weighted by atomic mass is 9.92. The molecule has 2 aromatic carbocycles. The van der Waals surface area contributed by atoms with Crippen LogP contribution in [0.4, 0.5) is 17.6 Å². The maximum atomic E-state index is 15.5. The molecule has 2 aromatic heterocycles. The number of benzene rings is 2. The van der Waals surface area contributed by atoms with Crippen molar-refractivity contribution in [2.45, 2.75) is 45.4 Å². The molecule has 2 heterocycles. The Morgan fingerprint density at radius 3 is 2.42 bits per heavy atom. The molecule has 4 aromatic rings. The van der Waals surface area contributed by atoms with Crippen molar-refractivity contribution < 1.29 is 27.1 Å². The van der Waals surface area contributed by atoms with E-state index in [-0.39, 0.29) is 47.2 Å². The number of carbonyl (C=O) groups excluding carboxylic acids is 1. The maximum Gasteiger partial charge on any atom is 0.251 e. The Balaban J connectivity index is 1.47. The van der Waals surface area contributed by atoms with Crippen LogP contribution in [-0.2, 0) is 0 Å². The number of methoxy groups -OCH3 is 1. The van der Waals surface area contributed by atoms with E-state index in [1.54, 1.807) is 25.1 Å². The van der Waals surface area contributed by atoms with Crippen LogP contribution in [0.5, 0.6) is 5.75 Å². The van der Waals surface area contributed by atoms with Crippen molar-refractivity contribution in [2.24, 2.45) is 5.92 Å². The molecule has 1 amide bonds. The standard InChI is InChI=1S/C31H29F4N3O2/c1-15(2)21-13-25(37-29(27(21)34)18-7-8-23(32)24(33)11-18)22(17-5-6-17)14-36-31(39)20-10-19-9-16(3)30(35)38-28(19)26(12-20)40-4/h7-13,15,17,22H,5-6,14H2,1-4H3,(H,36,39). The fraction of sp³-hybridized carbons (Fsp3) is 0.323. The van der Waals surface area contributed by atoms with Crippen LogP contribution in [0.3, 0.4) is 0 Å². The van der Waals surface area contributed by atoms with E-state index >= 15 is 4.39 Å². The molecule has 5 rings (SSSR count). The van der Waals surface area contributed by atoms with Crippen LogP contribution in [0.2, 0.25) is 0 Å². The SMILES string of the molecule is COc1cc(C(=O)NCC(c2cc(C(C)C)c(F)c(-c3ccc(F)c(F)c3)n2)C2CC2)cc2cc(C)c(F)nc12. The van der Waals surface area contributed by atoms with Gasteiger partial charge in [0, 0.05) is 40.2 Å². The summed E-state index contributed by atoms with van der Waals surface area (Å²) < 4.78 is 62.5. The summed E-state index contributed by atoms with van der Waals surface area (Å²) in [6, 6.07) is 9.67. The van der Waals surface area contributed by atoms with Crippen LogP contribution in [0.1, 0.15) is 65.7 Å². The molecule has 0 saturated heterocycles. The van der Waals surface area contributed by atoms with Gasteiger partial charge in [-0.1, -0.05) is 13.8 Å². The van der Waals surface area contributed by atoms with Crippen molar-refractivity contribution >= 4 is 16.8 Å². The minimum absolute atomic E-state index is 0.0496. The minimum atomic E-state index is -1.08. The first-order chi connectivity index (χ1) is 19.1. The number of pyridine rings is 2. The molecule has 1 aliphatic carbocycles. The monoisotopic (exact) mass is 551 g/mol. The van der Waals surface area contributed by atoms with Crippen molar-refractivity contribution in [3.05, 3.63) is 88.2 Å². The van der Waals surface area contributed by atoms with Gasteiger partial charge in [-0.3, -0.25) is 4.79 Å². The fourth-order valence-corrected chi connectivity index (χ4v) is 4.96. The van der Waals surface area contributed by atoms with E-state index in [1.807, 2.05) is 13.8 Å². The average Bonchev–Trinajstić information content (AvgIpc) is 3.76. The maximum absolute atomic E-state index is 15.5. The Kier molecular flexibility index (Phi) is 7.49. The summed E-state index contributed by atoms with van der Waals surface area (Å²) in [6.45, 7) is 5.52. The Labute approximate surface area is 229 Å². The van der Waals surface area contributed by atoms with Gasteiger partial charge in [-0.05, 0) is 79.6 Å². The topological polar surface area (TPSA) is 64.1 Å². The predicted molar refractivity (Wildman–Crippen MR) is 144 cm³/mol. The number of ether oxygens (including phenoxy) is 1. The van der Waals surface area contributed by atoms with E-state index in [4.69, 9.17) is 4.74 Å². The number of amides is 1. The first-order valence-electron chi connectivity index (χ1n) is 13.2. The zero-order valence-corrected chi connectivity index (χ0v) is 22.6. The van der Waals surface area contributed by atoms with Crippen LogP contribution >= 0.6 is 0 Å². The zero-order valence-electron chi connectivity index (χ0n) is 22.6. The van der Waals surface area contributed by atoms with Crippen LogP contribution in [0.15, 0.2) is 42.5 Å². The molecule has 0 bridgehead atoms. The van der Waals surface area contributed by atoms with Gasteiger partial charge in [0.05, 0.1) is 7.11 Å². The molecule has 1 fully saturated rings. The van der Waals surface area contributed by atoms with Crippen LogP contribution in [0, 0.1) is 36.2 Å². The van der Waals surface area contributed by atoms with E-state index < -0.39 is 23.4 Å². The van der Waals surface area contributed by atoms with E-state index in [9.17, 15) is 18.0 Å². The van der Waals surface area contributed by atoms with Gasteiger partial charge in [0.25, 0.3) is 5.91 Å². The lowest BCUT2D eigenvalue weighted by Gasteiger charge is -2.21. The molecule has 1 unspecified atom stereocenters. The van der Waals surface area contributed by atoms with Crippen molar-refractivity contribution in [3.63, 3.8) is 0 Å². The largest absolute Gasteiger partial charge is 0.494 e. The van der Waals surface area contributed by atoms with Gasteiger partial charge >= 0.3 is 0 Å². The summed E-state index contributed by atoms with van der Waals surface area (Å²) >= 11 is 0. The highest BCUT2D eigenvalue weighted by Crippen LogP contribution is 2.43. The normalized spacial score (nSPS) is 14.0. The smallest absolute Gasteiger partial charge is 0.251 e. The summed E-state index contributed by atoms with van der Waals surface area (Å²) in [5.41, 5.74) is 2.08. The van der Waals surface area contributed by atoms with E-state index in [0.717, 1.165) is 25.0 Å². The summed E-state index contributed by atoms with van der Waals surface area (Å²) in [5, 5.41) is 3.54. The number of fused-ring (bicyclic) bond motifs is 1. The second-order valence-electron chi connectivity index (χ2n) is 10.6. The molecule has 0 aliphatic heterocycles. The lowest BCUT2D eigenvalue weighted by Crippen LogP contribution is -2.30. The number of hydrogen-bond donors (Lipinski definition) is 1. The molecule has 0 radical (unpaired) electrons. The molecule has 5 nitrogen and oxygen atoms in total. The van der Waals surface area contributed by atoms with Crippen LogP contribution < -0.4 is 10.1 Å². The highest BCUT2D eigenvalue weighted by Gasteiger charge is 2.35. The van der Waals surface area contributed by atoms with Gasteiger partial charge in [0.1, 0.15) is 17.0 Å². The minimum Gasteiger partial charge on any atom is -0.494 e. The molecule has 1 aliphatic rings. The van der Waals surface area contributed by atoms with Crippen molar-refractivity contribution in [3.8, 4) is 17.0 Å². The number of hydrogen-bond acceptors (Lipinski definition) is 4. The third-order valence-electron chi connectivity index (χ3n) is 7.37. The highest BCUT2D eigenvalue weighted by atomic mass is 19.2. The number of rotatable bonds is 8.